The summed E-state index contributed by atoms with van der Waals surface area (Å²) in [6, 6.07) is 9.17. The van der Waals surface area contributed by atoms with Crippen molar-refractivity contribution in [1.82, 2.24) is 15.3 Å². The van der Waals surface area contributed by atoms with Crippen LogP contribution in [0.4, 0.5) is 19.0 Å². The molecule has 2 aromatic rings. The quantitative estimate of drug-likeness (QED) is 0.871. The Morgan fingerprint density at radius 1 is 1.11 bits per heavy atom. The maximum Gasteiger partial charge on any atom is 0.433 e. The summed E-state index contributed by atoms with van der Waals surface area (Å²) in [5, 5.41) is 3.16. The van der Waals surface area contributed by atoms with Gasteiger partial charge < -0.3 is 10.2 Å². The summed E-state index contributed by atoms with van der Waals surface area (Å²) in [6.45, 7) is 0.987. The van der Waals surface area contributed by atoms with E-state index in [2.05, 4.69) is 27.4 Å². The van der Waals surface area contributed by atoms with E-state index in [1.54, 1.807) is 4.90 Å². The van der Waals surface area contributed by atoms with Gasteiger partial charge in [-0.25, -0.2) is 9.97 Å². The first-order chi connectivity index (χ1) is 13.4. The summed E-state index contributed by atoms with van der Waals surface area (Å²) in [4.78, 5) is 21.7. The zero-order valence-corrected chi connectivity index (χ0v) is 15.2. The van der Waals surface area contributed by atoms with E-state index in [0.717, 1.165) is 25.2 Å². The highest BCUT2D eigenvalue weighted by molar-refractivity contribution is 5.79. The molecule has 28 heavy (non-hydrogen) atoms. The molecule has 0 radical (unpaired) electrons. The molecule has 1 aliphatic carbocycles. The van der Waals surface area contributed by atoms with Gasteiger partial charge in [-0.3, -0.25) is 4.79 Å². The number of hydrogen-bond donors (Lipinski definition) is 1. The second kappa shape index (κ2) is 7.41. The molecule has 0 spiro atoms. The van der Waals surface area contributed by atoms with E-state index in [0.29, 0.717) is 25.9 Å². The zero-order chi connectivity index (χ0) is 19.7. The number of rotatable bonds is 3. The molecule has 1 saturated heterocycles. The number of hydrogen-bond acceptors (Lipinski definition) is 4. The molecule has 1 fully saturated rings. The Morgan fingerprint density at radius 2 is 1.86 bits per heavy atom. The third kappa shape index (κ3) is 3.81. The fraction of sp³-hybridized carbons (Fsp3) is 0.450. The smallest absolute Gasteiger partial charge is 0.356 e. The van der Waals surface area contributed by atoms with E-state index in [1.807, 2.05) is 12.1 Å². The molecule has 1 atom stereocenters. The third-order valence-electron chi connectivity index (χ3n) is 5.58. The van der Waals surface area contributed by atoms with Crippen LogP contribution in [0.2, 0.25) is 0 Å². The number of carbonyl (C=O) groups is 1. The average molecular weight is 390 g/mol. The number of carbonyl (C=O) groups excluding carboxylic acids is 1. The molecule has 0 unspecified atom stereocenters. The van der Waals surface area contributed by atoms with E-state index in [1.165, 1.54) is 11.1 Å². The van der Waals surface area contributed by atoms with Gasteiger partial charge in [0.1, 0.15) is 17.8 Å². The number of fused-ring (bicyclic) bond motifs is 1. The topological polar surface area (TPSA) is 58.1 Å². The number of aryl methyl sites for hydroxylation is 1. The van der Waals surface area contributed by atoms with Crippen LogP contribution >= 0.6 is 0 Å². The van der Waals surface area contributed by atoms with Crippen molar-refractivity contribution in [2.24, 2.45) is 5.92 Å². The van der Waals surface area contributed by atoms with E-state index >= 15 is 0 Å². The molecule has 2 aliphatic rings. The number of benzene rings is 1. The number of halogens is 3. The maximum atomic E-state index is 12.8. The Labute approximate surface area is 161 Å². The predicted octanol–water partition coefficient (Wildman–Crippen LogP) is 3.52. The Bertz CT molecular complexity index is 863. The molecule has 0 bridgehead atoms. The summed E-state index contributed by atoms with van der Waals surface area (Å²) in [5.41, 5.74) is 1.53. The van der Waals surface area contributed by atoms with Crippen molar-refractivity contribution in [2.45, 2.75) is 37.9 Å². The Hall–Kier alpha value is -2.64. The minimum atomic E-state index is -4.49. The van der Waals surface area contributed by atoms with Gasteiger partial charge in [0.25, 0.3) is 0 Å². The van der Waals surface area contributed by atoms with Gasteiger partial charge in [-0.1, -0.05) is 24.3 Å². The molecule has 8 heteroatoms. The summed E-state index contributed by atoms with van der Waals surface area (Å²) in [7, 11) is 0. The van der Waals surface area contributed by atoms with Gasteiger partial charge in [0, 0.05) is 25.1 Å². The normalized spacial score (nSPS) is 20.1. The van der Waals surface area contributed by atoms with Crippen molar-refractivity contribution in [3.8, 4) is 0 Å². The first-order valence-corrected chi connectivity index (χ1v) is 9.44. The van der Waals surface area contributed by atoms with Crippen LogP contribution in [-0.4, -0.2) is 29.0 Å². The summed E-state index contributed by atoms with van der Waals surface area (Å²) >= 11 is 0. The molecule has 0 saturated carbocycles. The summed E-state index contributed by atoms with van der Waals surface area (Å²) in [5.74, 6) is 0.152. The fourth-order valence-corrected chi connectivity index (χ4v) is 4.04. The predicted molar refractivity (Wildman–Crippen MR) is 97.6 cm³/mol. The highest BCUT2D eigenvalue weighted by atomic mass is 19.4. The fourth-order valence-electron chi connectivity index (χ4n) is 4.04. The molecule has 1 aliphatic heterocycles. The maximum absolute atomic E-state index is 12.8. The van der Waals surface area contributed by atoms with E-state index in [9.17, 15) is 18.0 Å². The number of nitrogens with zero attached hydrogens (tertiary/aromatic N) is 3. The van der Waals surface area contributed by atoms with Crippen molar-refractivity contribution in [2.75, 3.05) is 18.0 Å². The lowest BCUT2D eigenvalue weighted by atomic mass is 9.95. The zero-order valence-electron chi connectivity index (χ0n) is 15.2. The van der Waals surface area contributed by atoms with Crippen molar-refractivity contribution in [1.29, 1.82) is 0 Å². The Kier molecular flexibility index (Phi) is 4.95. The largest absolute Gasteiger partial charge is 0.433 e. The van der Waals surface area contributed by atoms with Crippen LogP contribution in [0.3, 0.4) is 0 Å². The monoisotopic (exact) mass is 390 g/mol. The molecule has 5 nitrogen and oxygen atoms in total. The Balaban J connectivity index is 1.35. The molecule has 4 rings (SSSR count). The van der Waals surface area contributed by atoms with Gasteiger partial charge in [0.2, 0.25) is 5.91 Å². The summed E-state index contributed by atoms with van der Waals surface area (Å²) in [6.07, 6.45) is -0.501. The minimum Gasteiger partial charge on any atom is -0.356 e. The number of piperidine rings is 1. The van der Waals surface area contributed by atoms with Crippen LogP contribution in [-0.2, 0) is 17.4 Å². The van der Waals surface area contributed by atoms with Crippen LogP contribution in [0.15, 0.2) is 36.7 Å². The van der Waals surface area contributed by atoms with Crippen molar-refractivity contribution in [3.05, 3.63) is 53.5 Å². The lowest BCUT2D eigenvalue weighted by Gasteiger charge is -2.32. The van der Waals surface area contributed by atoms with Crippen molar-refractivity contribution in [3.63, 3.8) is 0 Å². The molecule has 148 valence electrons. The number of alkyl halides is 3. The lowest BCUT2D eigenvalue weighted by Crippen LogP contribution is -2.41. The first-order valence-electron chi connectivity index (χ1n) is 9.44. The number of aromatic nitrogens is 2. The molecule has 1 aromatic heterocycles. The van der Waals surface area contributed by atoms with Crippen LogP contribution in [0.1, 0.15) is 42.1 Å². The van der Waals surface area contributed by atoms with E-state index in [-0.39, 0.29) is 23.7 Å². The van der Waals surface area contributed by atoms with Crippen LogP contribution < -0.4 is 10.2 Å². The number of amides is 1. The van der Waals surface area contributed by atoms with Gasteiger partial charge >= 0.3 is 6.18 Å². The molecule has 1 aromatic carbocycles. The second-order valence-electron chi connectivity index (χ2n) is 7.32. The van der Waals surface area contributed by atoms with Crippen LogP contribution in [0, 0.1) is 5.92 Å². The van der Waals surface area contributed by atoms with Gasteiger partial charge in [-0.2, -0.15) is 13.2 Å². The Morgan fingerprint density at radius 3 is 2.61 bits per heavy atom. The van der Waals surface area contributed by atoms with Gasteiger partial charge in [-0.05, 0) is 36.8 Å². The molecule has 2 heterocycles. The third-order valence-corrected chi connectivity index (χ3v) is 5.58. The highest BCUT2D eigenvalue weighted by Gasteiger charge is 2.34. The van der Waals surface area contributed by atoms with Gasteiger partial charge in [-0.15, -0.1) is 0 Å². The van der Waals surface area contributed by atoms with Crippen molar-refractivity contribution >= 4 is 11.7 Å². The number of anilines is 1. The molecule has 1 N–H and O–H groups in total. The molecule has 1 amide bonds. The van der Waals surface area contributed by atoms with Gasteiger partial charge in [0.05, 0.1) is 6.04 Å². The van der Waals surface area contributed by atoms with E-state index in [4.69, 9.17) is 0 Å². The van der Waals surface area contributed by atoms with Gasteiger partial charge in [0.15, 0.2) is 0 Å². The summed E-state index contributed by atoms with van der Waals surface area (Å²) < 4.78 is 38.5. The highest BCUT2D eigenvalue weighted by Crippen LogP contribution is 2.32. The van der Waals surface area contributed by atoms with E-state index < -0.39 is 11.9 Å². The minimum absolute atomic E-state index is 0.0278. The lowest BCUT2D eigenvalue weighted by molar-refractivity contribution is -0.141. The van der Waals surface area contributed by atoms with Crippen LogP contribution in [0.25, 0.3) is 0 Å². The first kappa shape index (κ1) is 18.7. The average Bonchev–Trinajstić information content (AvgIpc) is 3.10. The second-order valence-corrected chi connectivity index (χ2v) is 7.32. The van der Waals surface area contributed by atoms with Crippen molar-refractivity contribution < 1.29 is 18.0 Å². The molecular weight excluding hydrogens is 369 g/mol. The number of nitrogens with one attached hydrogen (secondary N) is 1. The van der Waals surface area contributed by atoms with Crippen LogP contribution in [0.5, 0.6) is 0 Å². The standard InChI is InChI=1S/C20H21F3N4O/c21-20(22,23)17-11-18(25-12-24-17)27-9-7-14(8-10-27)19(28)26-16-6-5-13-3-1-2-4-15(13)16/h1-4,11-12,14,16H,5-10H2,(H,26,28)/t16-/m1/s1. The SMILES string of the molecule is O=C(N[C@@H]1CCc2ccccc21)C1CCN(c2cc(C(F)(F)F)ncn2)CC1. The molecular formula is C20H21F3N4O.